The molecule has 15 heavy (non-hydrogen) atoms. The van der Waals surface area contributed by atoms with Crippen molar-refractivity contribution in [3.05, 3.63) is 28.3 Å². The molecule has 0 aliphatic carbocycles. The predicted octanol–water partition coefficient (Wildman–Crippen LogP) is 1.53. The van der Waals surface area contributed by atoms with Crippen molar-refractivity contribution >= 4 is 28.8 Å². The summed E-state index contributed by atoms with van der Waals surface area (Å²) in [7, 11) is 0. The van der Waals surface area contributed by atoms with Crippen LogP contribution in [-0.2, 0) is 0 Å². The summed E-state index contributed by atoms with van der Waals surface area (Å²) in [6.07, 6.45) is 0. The number of rotatable bonds is 3. The van der Waals surface area contributed by atoms with Crippen LogP contribution in [0.1, 0.15) is 0 Å². The van der Waals surface area contributed by atoms with E-state index in [1.165, 1.54) is 12.1 Å². The number of nitrogens with zero attached hydrogens (tertiary/aromatic N) is 2. The van der Waals surface area contributed by atoms with Gasteiger partial charge in [-0.2, -0.15) is 0 Å². The van der Waals surface area contributed by atoms with E-state index < -0.39 is 4.92 Å². The Kier molecular flexibility index (Phi) is 3.46. The molecule has 0 spiro atoms. The number of phenols is 1. The van der Waals surface area contributed by atoms with Crippen LogP contribution in [0, 0.1) is 10.1 Å². The van der Waals surface area contributed by atoms with Crippen LogP contribution in [0.2, 0.25) is 0 Å². The molecule has 0 heterocycles. The minimum Gasteiger partial charge on any atom is -0.508 e. The zero-order valence-corrected chi connectivity index (χ0v) is 8.31. The number of aromatic hydroxyl groups is 1. The van der Waals surface area contributed by atoms with Crippen LogP contribution in [0.4, 0.5) is 11.4 Å². The van der Waals surface area contributed by atoms with Gasteiger partial charge in [-0.3, -0.25) is 10.1 Å². The number of nitro groups is 1. The van der Waals surface area contributed by atoms with Crippen LogP contribution in [0.25, 0.3) is 0 Å². The Morgan fingerprint density at radius 2 is 2.27 bits per heavy atom. The topological polar surface area (TPSA) is 102 Å². The molecule has 3 N–H and O–H groups in total. The Morgan fingerprint density at radius 1 is 1.60 bits per heavy atom. The van der Waals surface area contributed by atoms with Gasteiger partial charge >= 0.3 is 0 Å². The molecule has 0 saturated heterocycles. The molecular formula is C8H8ClN3O3. The lowest BCUT2D eigenvalue weighted by molar-refractivity contribution is -0.384. The van der Waals surface area contributed by atoms with Crippen molar-refractivity contribution < 1.29 is 10.0 Å². The lowest BCUT2D eigenvalue weighted by Crippen LogP contribution is -2.12. The number of non-ortho nitro benzene ring substituents is 1. The fourth-order valence-corrected chi connectivity index (χ4v) is 1.00. The molecule has 0 bridgehead atoms. The number of halogens is 1. The first-order valence-electron chi connectivity index (χ1n) is 3.90. The van der Waals surface area contributed by atoms with Crippen LogP contribution in [0.3, 0.4) is 0 Å². The van der Waals surface area contributed by atoms with E-state index >= 15 is 0 Å². The van der Waals surface area contributed by atoms with Gasteiger partial charge in [0.25, 0.3) is 5.69 Å². The van der Waals surface area contributed by atoms with E-state index in [0.717, 1.165) is 6.07 Å². The molecule has 7 heteroatoms. The zero-order valence-electron chi connectivity index (χ0n) is 7.55. The highest BCUT2D eigenvalue weighted by atomic mass is 35.5. The van der Waals surface area contributed by atoms with Crippen LogP contribution in [-0.4, -0.2) is 21.7 Å². The quantitative estimate of drug-likeness (QED) is 0.270. The van der Waals surface area contributed by atoms with Gasteiger partial charge < -0.3 is 10.8 Å². The second kappa shape index (κ2) is 4.61. The van der Waals surface area contributed by atoms with E-state index in [9.17, 15) is 15.2 Å². The molecule has 0 saturated carbocycles. The third kappa shape index (κ3) is 3.10. The first kappa shape index (κ1) is 11.3. The standard InChI is InChI=1S/C8H8ClN3O3/c9-4-8(10)11-5-1-6(12(14)15)3-7(13)2-5/h1-3,13H,4H2,(H2,10,11). The summed E-state index contributed by atoms with van der Waals surface area (Å²) in [5, 5.41) is 19.6. The Labute approximate surface area is 90.1 Å². The number of aliphatic imine (C=N–C) groups is 1. The molecule has 0 atom stereocenters. The molecule has 0 aliphatic rings. The zero-order chi connectivity index (χ0) is 11.4. The lowest BCUT2D eigenvalue weighted by atomic mass is 10.2. The van der Waals surface area contributed by atoms with Crippen LogP contribution in [0.15, 0.2) is 23.2 Å². The Balaban J connectivity index is 3.15. The predicted molar refractivity (Wildman–Crippen MR) is 56.8 cm³/mol. The number of hydrogen-bond acceptors (Lipinski definition) is 4. The number of nitrogens with two attached hydrogens (primary N) is 1. The smallest absolute Gasteiger partial charge is 0.275 e. The van der Waals surface area contributed by atoms with Gasteiger partial charge in [-0.15, -0.1) is 11.6 Å². The summed E-state index contributed by atoms with van der Waals surface area (Å²) >= 11 is 5.39. The lowest BCUT2D eigenvalue weighted by Gasteiger charge is -1.98. The highest BCUT2D eigenvalue weighted by Crippen LogP contribution is 2.26. The number of phenolic OH excluding ortho intramolecular Hbond substituents is 1. The van der Waals surface area contributed by atoms with Crippen molar-refractivity contribution in [2.45, 2.75) is 0 Å². The Hall–Kier alpha value is -1.82. The monoisotopic (exact) mass is 229 g/mol. The summed E-state index contributed by atoms with van der Waals surface area (Å²) in [6, 6.07) is 3.47. The van der Waals surface area contributed by atoms with E-state index in [1.807, 2.05) is 0 Å². The van der Waals surface area contributed by atoms with Crippen molar-refractivity contribution in [3.63, 3.8) is 0 Å². The third-order valence-corrected chi connectivity index (χ3v) is 1.78. The molecule has 0 aliphatic heterocycles. The fourth-order valence-electron chi connectivity index (χ4n) is 0.945. The first-order chi connectivity index (χ1) is 7.02. The van der Waals surface area contributed by atoms with Crippen molar-refractivity contribution in [2.24, 2.45) is 10.7 Å². The summed E-state index contributed by atoms with van der Waals surface area (Å²) in [6.45, 7) is 0. The molecule has 1 aromatic rings. The highest BCUT2D eigenvalue weighted by molar-refractivity contribution is 6.28. The van der Waals surface area contributed by atoms with Crippen molar-refractivity contribution in [2.75, 3.05) is 5.88 Å². The summed E-state index contributed by atoms with van der Waals surface area (Å²) in [4.78, 5) is 13.6. The second-order valence-electron chi connectivity index (χ2n) is 2.70. The maximum Gasteiger partial charge on any atom is 0.275 e. The molecule has 0 fully saturated rings. The molecule has 0 amide bonds. The molecule has 1 aromatic carbocycles. The van der Waals surface area contributed by atoms with E-state index in [1.54, 1.807) is 0 Å². The third-order valence-electron chi connectivity index (χ3n) is 1.51. The van der Waals surface area contributed by atoms with Gasteiger partial charge in [0.2, 0.25) is 0 Å². The molecule has 0 radical (unpaired) electrons. The van der Waals surface area contributed by atoms with Gasteiger partial charge in [0, 0.05) is 12.1 Å². The van der Waals surface area contributed by atoms with Crippen molar-refractivity contribution in [1.82, 2.24) is 0 Å². The Bertz CT molecular complexity index is 420. The number of benzene rings is 1. The number of amidine groups is 1. The van der Waals surface area contributed by atoms with E-state index in [0.29, 0.717) is 0 Å². The average Bonchev–Trinajstić information content (AvgIpc) is 2.16. The minimum atomic E-state index is -0.629. The van der Waals surface area contributed by atoms with E-state index in [2.05, 4.69) is 4.99 Å². The van der Waals surface area contributed by atoms with Gasteiger partial charge in [-0.05, 0) is 0 Å². The summed E-state index contributed by atoms with van der Waals surface area (Å²) < 4.78 is 0. The molecule has 1 rings (SSSR count). The fraction of sp³-hybridized carbons (Fsp3) is 0.125. The van der Waals surface area contributed by atoms with E-state index in [-0.39, 0.29) is 28.8 Å². The van der Waals surface area contributed by atoms with Gasteiger partial charge in [0.05, 0.1) is 22.6 Å². The summed E-state index contributed by atoms with van der Waals surface area (Å²) in [5.41, 5.74) is 5.29. The van der Waals surface area contributed by atoms with Crippen LogP contribution in [0.5, 0.6) is 5.75 Å². The molecule has 80 valence electrons. The van der Waals surface area contributed by atoms with Gasteiger partial charge in [-0.25, -0.2) is 4.99 Å². The molecule has 6 nitrogen and oxygen atoms in total. The average molecular weight is 230 g/mol. The minimum absolute atomic E-state index is 0.0173. The first-order valence-corrected chi connectivity index (χ1v) is 4.44. The normalized spacial score (nSPS) is 11.4. The van der Waals surface area contributed by atoms with Gasteiger partial charge in [-0.1, -0.05) is 0 Å². The van der Waals surface area contributed by atoms with Crippen LogP contribution >= 0.6 is 11.6 Å². The van der Waals surface area contributed by atoms with Crippen molar-refractivity contribution in [3.8, 4) is 5.75 Å². The maximum atomic E-state index is 10.4. The van der Waals surface area contributed by atoms with Crippen LogP contribution < -0.4 is 5.73 Å². The molecule has 0 unspecified atom stereocenters. The summed E-state index contributed by atoms with van der Waals surface area (Å²) in [5.74, 6) is -0.106. The Morgan fingerprint density at radius 3 is 2.80 bits per heavy atom. The van der Waals surface area contributed by atoms with Gasteiger partial charge in [0.1, 0.15) is 11.6 Å². The van der Waals surface area contributed by atoms with E-state index in [4.69, 9.17) is 17.3 Å². The number of alkyl halides is 1. The largest absolute Gasteiger partial charge is 0.508 e. The number of hydrogen-bond donors (Lipinski definition) is 2. The SMILES string of the molecule is NC(CCl)=Nc1cc(O)cc([N+](=O)[O-])c1. The highest BCUT2D eigenvalue weighted by Gasteiger charge is 2.08. The molecular weight excluding hydrogens is 222 g/mol. The number of nitro benzene ring substituents is 1. The van der Waals surface area contributed by atoms with Gasteiger partial charge in [0.15, 0.2) is 0 Å². The second-order valence-corrected chi connectivity index (χ2v) is 2.97. The van der Waals surface area contributed by atoms with Crippen molar-refractivity contribution in [1.29, 1.82) is 0 Å². The molecule has 0 aromatic heterocycles. The maximum absolute atomic E-state index is 10.4.